The van der Waals surface area contributed by atoms with Crippen molar-refractivity contribution in [1.29, 1.82) is 0 Å². The largest absolute Gasteiger partial charge is 0.496 e. The van der Waals surface area contributed by atoms with Crippen LogP contribution >= 0.6 is 0 Å². The van der Waals surface area contributed by atoms with E-state index >= 15 is 0 Å². The molecule has 1 heterocycles. The van der Waals surface area contributed by atoms with Crippen LogP contribution in [0.2, 0.25) is 0 Å². The van der Waals surface area contributed by atoms with Crippen molar-refractivity contribution in [3.05, 3.63) is 62.2 Å². The molecule has 0 spiro atoms. The zero-order chi connectivity index (χ0) is 15.7. The predicted molar refractivity (Wildman–Crippen MR) is 73.3 cm³/mol. The van der Waals surface area contributed by atoms with Gasteiger partial charge in [0.05, 0.1) is 7.11 Å². The number of halogens is 1. The van der Waals surface area contributed by atoms with E-state index in [1.54, 1.807) is 0 Å². The first-order chi connectivity index (χ1) is 9.88. The van der Waals surface area contributed by atoms with Crippen molar-refractivity contribution in [2.24, 2.45) is 14.1 Å². The molecule has 1 aromatic heterocycles. The first kappa shape index (κ1) is 14.7. The highest BCUT2D eigenvalue weighted by Crippen LogP contribution is 2.23. The normalized spacial score (nSPS) is 10.5. The van der Waals surface area contributed by atoms with Crippen LogP contribution in [0.5, 0.6) is 5.75 Å². The Labute approximate surface area is 119 Å². The minimum Gasteiger partial charge on any atom is -0.496 e. The van der Waals surface area contributed by atoms with Gasteiger partial charge < -0.3 is 9.30 Å². The lowest BCUT2D eigenvalue weighted by Crippen LogP contribution is -2.39. The number of ether oxygens (including phenoxy) is 1. The Morgan fingerprint density at radius 3 is 2.52 bits per heavy atom. The summed E-state index contributed by atoms with van der Waals surface area (Å²) in [6.07, 6.45) is 1.10. The van der Waals surface area contributed by atoms with Crippen molar-refractivity contribution in [3.63, 3.8) is 0 Å². The van der Waals surface area contributed by atoms with Gasteiger partial charge in [0.2, 0.25) is 5.78 Å². The zero-order valence-corrected chi connectivity index (χ0v) is 11.7. The fourth-order valence-corrected chi connectivity index (χ4v) is 1.99. The molecular weight excluding hydrogens is 279 g/mol. The summed E-state index contributed by atoms with van der Waals surface area (Å²) in [7, 11) is 3.95. The van der Waals surface area contributed by atoms with Crippen LogP contribution in [0.15, 0.2) is 34.0 Å². The van der Waals surface area contributed by atoms with E-state index in [9.17, 15) is 18.8 Å². The highest BCUT2D eigenvalue weighted by molar-refractivity contribution is 6.10. The van der Waals surface area contributed by atoms with Gasteiger partial charge in [-0.3, -0.25) is 14.2 Å². The third kappa shape index (κ3) is 2.37. The molecule has 0 N–H and O–H groups in total. The molecule has 6 nitrogen and oxygen atoms in total. The van der Waals surface area contributed by atoms with Crippen LogP contribution < -0.4 is 16.0 Å². The number of hydrogen-bond donors (Lipinski definition) is 0. The van der Waals surface area contributed by atoms with Crippen LogP contribution in [0.3, 0.4) is 0 Å². The van der Waals surface area contributed by atoms with E-state index in [4.69, 9.17) is 4.74 Å². The van der Waals surface area contributed by atoms with Crippen molar-refractivity contribution in [3.8, 4) is 5.75 Å². The summed E-state index contributed by atoms with van der Waals surface area (Å²) in [5, 5.41) is 0. The first-order valence-electron chi connectivity index (χ1n) is 6.02. The van der Waals surface area contributed by atoms with Gasteiger partial charge in [0, 0.05) is 20.3 Å². The molecule has 21 heavy (non-hydrogen) atoms. The lowest BCUT2D eigenvalue weighted by Gasteiger charge is -2.10. The summed E-state index contributed by atoms with van der Waals surface area (Å²) in [5.74, 6) is -1.60. The van der Waals surface area contributed by atoms with E-state index in [0.29, 0.717) is 0 Å². The summed E-state index contributed by atoms with van der Waals surface area (Å²) in [5.41, 5.74) is -2.00. The number of nitrogens with zero attached hydrogens (tertiary/aromatic N) is 2. The molecule has 0 aliphatic carbocycles. The summed E-state index contributed by atoms with van der Waals surface area (Å²) >= 11 is 0. The summed E-state index contributed by atoms with van der Waals surface area (Å²) in [6, 6.07) is 3.91. The topological polar surface area (TPSA) is 70.3 Å². The van der Waals surface area contributed by atoms with Crippen LogP contribution in [0.4, 0.5) is 4.39 Å². The second-order valence-corrected chi connectivity index (χ2v) is 4.45. The first-order valence-corrected chi connectivity index (χ1v) is 6.02. The number of aromatic nitrogens is 2. The van der Waals surface area contributed by atoms with Crippen LogP contribution in [0.1, 0.15) is 15.9 Å². The predicted octanol–water partition coefficient (Wildman–Crippen LogP) is 0.463. The fourth-order valence-electron chi connectivity index (χ4n) is 1.99. The average molecular weight is 292 g/mol. The van der Waals surface area contributed by atoms with E-state index in [0.717, 1.165) is 21.4 Å². The van der Waals surface area contributed by atoms with Crippen LogP contribution in [-0.2, 0) is 14.1 Å². The molecule has 1 aromatic carbocycles. The Bertz CT molecular complexity index is 836. The molecule has 0 radical (unpaired) electrons. The Morgan fingerprint density at radius 1 is 1.24 bits per heavy atom. The Kier molecular flexibility index (Phi) is 3.75. The van der Waals surface area contributed by atoms with Gasteiger partial charge in [0.25, 0.3) is 5.56 Å². The van der Waals surface area contributed by atoms with Crippen molar-refractivity contribution in [2.75, 3.05) is 7.11 Å². The lowest BCUT2D eigenvalue weighted by molar-refractivity contribution is 0.102. The van der Waals surface area contributed by atoms with Gasteiger partial charge in [-0.1, -0.05) is 6.07 Å². The summed E-state index contributed by atoms with van der Waals surface area (Å²) < 4.78 is 20.7. The van der Waals surface area contributed by atoms with Crippen LogP contribution in [0, 0.1) is 5.82 Å². The van der Waals surface area contributed by atoms with E-state index in [2.05, 4.69) is 0 Å². The number of carbonyl (C=O) groups is 1. The van der Waals surface area contributed by atoms with E-state index in [-0.39, 0.29) is 16.9 Å². The number of ketones is 1. The molecule has 0 bridgehead atoms. The number of benzene rings is 1. The van der Waals surface area contributed by atoms with Gasteiger partial charge in [-0.15, -0.1) is 0 Å². The van der Waals surface area contributed by atoms with Crippen LogP contribution in [-0.4, -0.2) is 22.0 Å². The quantitative estimate of drug-likeness (QED) is 0.771. The summed E-state index contributed by atoms with van der Waals surface area (Å²) in [4.78, 5) is 36.1. The van der Waals surface area contributed by atoms with Gasteiger partial charge in [-0.2, -0.15) is 0 Å². The number of rotatable bonds is 3. The van der Waals surface area contributed by atoms with Gasteiger partial charge >= 0.3 is 5.69 Å². The molecule has 0 aliphatic heterocycles. The van der Waals surface area contributed by atoms with Gasteiger partial charge in [-0.05, 0) is 12.1 Å². The Balaban J connectivity index is 2.73. The Morgan fingerprint density at radius 2 is 1.90 bits per heavy atom. The zero-order valence-electron chi connectivity index (χ0n) is 11.7. The standard InChI is InChI=1S/C14H13FN2O4/c1-16-7-8(13(19)17(2)14(16)20)12(18)11-9(15)5-4-6-10(11)21-3/h4-7H,1-3H3. The molecule has 0 atom stereocenters. The maximum absolute atomic E-state index is 13.9. The highest BCUT2D eigenvalue weighted by Gasteiger charge is 2.23. The molecule has 2 rings (SSSR count). The molecule has 110 valence electrons. The van der Waals surface area contributed by atoms with E-state index in [1.807, 2.05) is 0 Å². The number of hydrogen-bond acceptors (Lipinski definition) is 4. The lowest BCUT2D eigenvalue weighted by atomic mass is 10.0. The number of carbonyl (C=O) groups excluding carboxylic acids is 1. The molecule has 7 heteroatoms. The smallest absolute Gasteiger partial charge is 0.330 e. The molecule has 0 aliphatic rings. The second kappa shape index (κ2) is 5.35. The Hall–Kier alpha value is -2.70. The van der Waals surface area contributed by atoms with Crippen LogP contribution in [0.25, 0.3) is 0 Å². The number of aryl methyl sites for hydroxylation is 1. The second-order valence-electron chi connectivity index (χ2n) is 4.45. The monoisotopic (exact) mass is 292 g/mol. The SMILES string of the molecule is COc1cccc(F)c1C(=O)c1cn(C)c(=O)n(C)c1=O. The average Bonchev–Trinajstić information content (AvgIpc) is 2.47. The van der Waals surface area contributed by atoms with Crippen molar-refractivity contribution in [1.82, 2.24) is 9.13 Å². The van der Waals surface area contributed by atoms with Crippen molar-refractivity contribution in [2.45, 2.75) is 0 Å². The third-order valence-electron chi connectivity index (χ3n) is 3.11. The molecule has 0 fully saturated rings. The van der Waals surface area contributed by atoms with Gasteiger partial charge in [0.1, 0.15) is 22.7 Å². The molecule has 0 saturated heterocycles. The van der Waals surface area contributed by atoms with Crippen molar-refractivity contribution >= 4 is 5.78 Å². The van der Waals surface area contributed by atoms with Crippen molar-refractivity contribution < 1.29 is 13.9 Å². The molecule has 0 amide bonds. The minimum absolute atomic E-state index is 0.0240. The van der Waals surface area contributed by atoms with E-state index < -0.39 is 22.8 Å². The van der Waals surface area contributed by atoms with Gasteiger partial charge in [0.15, 0.2) is 0 Å². The van der Waals surface area contributed by atoms with Gasteiger partial charge in [-0.25, -0.2) is 9.18 Å². The van der Waals surface area contributed by atoms with E-state index in [1.165, 1.54) is 33.3 Å². The molecule has 0 unspecified atom stereocenters. The minimum atomic E-state index is -0.832. The maximum atomic E-state index is 13.9. The third-order valence-corrected chi connectivity index (χ3v) is 3.11. The summed E-state index contributed by atoms with van der Waals surface area (Å²) in [6.45, 7) is 0. The fraction of sp³-hybridized carbons (Fsp3) is 0.214. The number of methoxy groups -OCH3 is 1. The molecule has 0 saturated carbocycles. The molecule has 2 aromatic rings. The molecular formula is C14H13FN2O4. The highest BCUT2D eigenvalue weighted by atomic mass is 19.1. The maximum Gasteiger partial charge on any atom is 0.330 e.